The van der Waals surface area contributed by atoms with Crippen LogP contribution in [-0.2, 0) is 25.6 Å². The number of aliphatic hydroxyl groups excluding tert-OH is 1. The lowest BCUT2D eigenvalue weighted by Gasteiger charge is -2.35. The van der Waals surface area contributed by atoms with E-state index in [1.54, 1.807) is 11.3 Å². The second kappa shape index (κ2) is 20.3. The van der Waals surface area contributed by atoms with Gasteiger partial charge in [0, 0.05) is 52.4 Å². The third kappa shape index (κ3) is 10.7. The van der Waals surface area contributed by atoms with Gasteiger partial charge >= 0.3 is 0 Å². The van der Waals surface area contributed by atoms with E-state index in [1.807, 2.05) is 107 Å². The average Bonchev–Trinajstić information content (AvgIpc) is 4.13. The number of nitrogens with zero attached hydrogens (tertiary/aromatic N) is 7. The van der Waals surface area contributed by atoms with Crippen molar-refractivity contribution in [3.8, 4) is 22.1 Å². The minimum Gasteiger partial charge on any atom is -0.490 e. The zero-order valence-electron chi connectivity index (χ0n) is 40.8. The number of rotatable bonds is 15. The van der Waals surface area contributed by atoms with Gasteiger partial charge in [-0.15, -0.1) is 21.5 Å². The fourth-order valence-electron chi connectivity index (χ4n) is 9.70. The van der Waals surface area contributed by atoms with E-state index in [2.05, 4.69) is 49.4 Å². The summed E-state index contributed by atoms with van der Waals surface area (Å²) in [5.41, 5.74) is 5.51. The molecule has 3 aromatic carbocycles. The Labute approximate surface area is 421 Å². The molecule has 18 heteroatoms. The van der Waals surface area contributed by atoms with Crippen LogP contribution < -0.4 is 15.4 Å². The summed E-state index contributed by atoms with van der Waals surface area (Å²) in [5, 5.41) is 31.1. The van der Waals surface area contributed by atoms with Gasteiger partial charge in [-0.25, -0.2) is 0 Å². The van der Waals surface area contributed by atoms with Crippen LogP contribution in [0.3, 0.4) is 0 Å². The number of ether oxygens (including phenoxy) is 1. The summed E-state index contributed by atoms with van der Waals surface area (Å²) in [7, 11) is 0. The molecule has 370 valence electrons. The average molecular weight is 1000 g/mol. The topological polar surface area (TPSA) is 207 Å². The Morgan fingerprint density at radius 3 is 2.30 bits per heavy atom. The van der Waals surface area contributed by atoms with Crippen molar-refractivity contribution in [2.75, 3.05) is 6.54 Å². The SMILES string of the molecule is Cc1sc2c(c1C)C(c1ccc(Cl)cc1)=N[C@@H](CC(=O)CC1CC(Oc3ccc(CC(=O)N[C@H](C(=O)N4C[C@H](O)C[C@H]4C(=O)N[C@@H](C)c4ccc(-c5ncon5)cc4)C(C)(C)C)cc3)C1)c1nnc(C)n1-2. The van der Waals surface area contributed by atoms with E-state index in [1.165, 1.54) is 16.2 Å². The van der Waals surface area contributed by atoms with Crippen molar-refractivity contribution in [3.63, 3.8) is 0 Å². The largest absolute Gasteiger partial charge is 0.490 e. The second-order valence-corrected chi connectivity index (χ2v) is 21.8. The Hall–Kier alpha value is -6.56. The second-order valence-electron chi connectivity index (χ2n) is 20.1. The molecule has 2 fully saturated rings. The monoisotopic (exact) mass is 999 g/mol. The zero-order chi connectivity index (χ0) is 50.3. The molecule has 0 radical (unpaired) electrons. The molecular formula is C53H58ClN9O7S. The van der Waals surface area contributed by atoms with Crippen LogP contribution in [0, 0.1) is 32.1 Å². The molecule has 3 N–H and O–H groups in total. The summed E-state index contributed by atoms with van der Waals surface area (Å²) in [6.07, 6.45) is 2.48. The number of fused-ring (bicyclic) bond motifs is 3. The van der Waals surface area contributed by atoms with E-state index in [-0.39, 0.29) is 49.5 Å². The summed E-state index contributed by atoms with van der Waals surface area (Å²) in [6, 6.07) is 19.5. The van der Waals surface area contributed by atoms with Crippen LogP contribution in [0.1, 0.15) is 116 Å². The summed E-state index contributed by atoms with van der Waals surface area (Å²) >= 11 is 7.95. The molecule has 5 heterocycles. The number of carbonyl (C=O) groups excluding carboxylic acids is 4. The molecule has 16 nitrogen and oxygen atoms in total. The number of aliphatic hydroxyl groups is 1. The van der Waals surface area contributed by atoms with E-state index in [4.69, 9.17) is 25.9 Å². The Morgan fingerprint density at radius 2 is 1.62 bits per heavy atom. The molecule has 3 aromatic heterocycles. The summed E-state index contributed by atoms with van der Waals surface area (Å²) in [5.74, 6) is 1.61. The third-order valence-corrected chi connectivity index (χ3v) is 15.2. The fourth-order valence-corrected chi connectivity index (χ4v) is 11.0. The van der Waals surface area contributed by atoms with Crippen molar-refractivity contribution in [3.05, 3.63) is 129 Å². The predicted octanol–water partition coefficient (Wildman–Crippen LogP) is 7.97. The number of ketones is 1. The van der Waals surface area contributed by atoms with Crippen LogP contribution in [0.2, 0.25) is 5.02 Å². The van der Waals surface area contributed by atoms with Gasteiger partial charge < -0.3 is 29.9 Å². The molecule has 71 heavy (non-hydrogen) atoms. The van der Waals surface area contributed by atoms with Crippen LogP contribution in [0.4, 0.5) is 0 Å². The van der Waals surface area contributed by atoms with Crippen molar-refractivity contribution in [2.24, 2.45) is 16.3 Å². The number of hydrogen-bond acceptors (Lipinski definition) is 13. The first kappa shape index (κ1) is 49.4. The maximum Gasteiger partial charge on any atom is 0.246 e. The van der Waals surface area contributed by atoms with Gasteiger partial charge in [-0.1, -0.05) is 86.1 Å². The molecule has 6 aromatic rings. The number of halogens is 1. The van der Waals surface area contributed by atoms with Crippen LogP contribution >= 0.6 is 22.9 Å². The Balaban J connectivity index is 0.769. The number of β-amino-alcohol motifs (C(OH)–C–C–N with tert-alkyl or cyclic N) is 1. The maximum atomic E-state index is 14.2. The molecule has 1 saturated heterocycles. The quantitative estimate of drug-likeness (QED) is 0.0899. The van der Waals surface area contributed by atoms with Gasteiger partial charge in [-0.2, -0.15) is 4.98 Å². The number of hydrogen-bond donors (Lipinski definition) is 3. The number of aliphatic imine (C=N–C) groups is 1. The van der Waals surface area contributed by atoms with Crippen molar-refractivity contribution in [1.82, 2.24) is 40.4 Å². The Morgan fingerprint density at radius 1 is 0.915 bits per heavy atom. The van der Waals surface area contributed by atoms with Crippen LogP contribution in [-0.4, -0.2) is 95.0 Å². The Kier molecular flexibility index (Phi) is 14.1. The highest BCUT2D eigenvalue weighted by atomic mass is 35.5. The molecule has 3 aliphatic rings. The standard InChI is InChI=1S/C53H58ClN9O7S/c1-28-30(3)71-52-45(28)46(35-14-16-37(54)17-15-35)57-42(49-60-59-31(4)63(49)52)24-38(64)20-33-21-41(22-33)70-40-18-8-32(9-19-40)23-44(66)58-47(53(5,6)7)51(68)62-26-39(65)25-43(62)50(67)56-29(2)34-10-12-36(13-11-34)48-55-27-69-61-48/h8-19,27,29,33,39,41-43,47,65H,20-26H2,1-7H3,(H,56,67)(H,58,66)/t29-,33?,39+,41?,42-,43-,47+/m0/s1. The van der Waals surface area contributed by atoms with Crippen molar-refractivity contribution < 1.29 is 33.5 Å². The van der Waals surface area contributed by atoms with Gasteiger partial charge in [0.2, 0.25) is 29.9 Å². The molecule has 0 spiro atoms. The molecule has 9 rings (SSSR count). The lowest BCUT2D eigenvalue weighted by molar-refractivity contribution is -0.144. The first-order valence-electron chi connectivity index (χ1n) is 24.0. The molecule has 1 aliphatic carbocycles. The molecule has 5 atom stereocenters. The van der Waals surface area contributed by atoms with Gasteiger partial charge in [0.1, 0.15) is 40.5 Å². The molecule has 1 saturated carbocycles. The van der Waals surface area contributed by atoms with Crippen molar-refractivity contribution in [1.29, 1.82) is 0 Å². The predicted molar refractivity (Wildman–Crippen MR) is 269 cm³/mol. The maximum absolute atomic E-state index is 14.2. The number of carbonyl (C=O) groups is 4. The minimum atomic E-state index is -0.967. The number of aromatic nitrogens is 5. The zero-order valence-corrected chi connectivity index (χ0v) is 42.4. The van der Waals surface area contributed by atoms with Gasteiger partial charge in [0.25, 0.3) is 0 Å². The Bertz CT molecular complexity index is 2960. The van der Waals surface area contributed by atoms with Crippen LogP contribution in [0.15, 0.2) is 88.7 Å². The van der Waals surface area contributed by atoms with E-state index in [9.17, 15) is 24.3 Å². The number of benzene rings is 3. The highest BCUT2D eigenvalue weighted by molar-refractivity contribution is 7.15. The third-order valence-electron chi connectivity index (χ3n) is 13.7. The molecule has 0 unspecified atom stereocenters. The summed E-state index contributed by atoms with van der Waals surface area (Å²) in [6.45, 7) is 13.5. The number of amides is 3. The molecule has 3 amide bonds. The number of Topliss-reactive ketones (excluding diaryl/α,β-unsaturated/α-hetero) is 1. The molecule has 2 aliphatic heterocycles. The number of thiophene rings is 1. The van der Waals surface area contributed by atoms with Gasteiger partial charge in [0.05, 0.1) is 30.4 Å². The lowest BCUT2D eigenvalue weighted by Crippen LogP contribution is -2.58. The number of nitrogens with one attached hydrogen (secondary N) is 2. The molecule has 0 bridgehead atoms. The van der Waals surface area contributed by atoms with E-state index in [0.717, 1.165) is 62.8 Å². The molecular weight excluding hydrogens is 942 g/mol. The van der Waals surface area contributed by atoms with Gasteiger partial charge in [-0.3, -0.25) is 28.7 Å². The van der Waals surface area contributed by atoms with Crippen molar-refractivity contribution >= 4 is 52.2 Å². The van der Waals surface area contributed by atoms with Gasteiger partial charge in [-0.05, 0) is 92.8 Å². The smallest absolute Gasteiger partial charge is 0.246 e. The lowest BCUT2D eigenvalue weighted by atomic mass is 9.78. The summed E-state index contributed by atoms with van der Waals surface area (Å²) in [4.78, 5) is 67.2. The number of aryl methyl sites for hydroxylation is 2. The van der Waals surface area contributed by atoms with E-state index in [0.29, 0.717) is 28.8 Å². The van der Waals surface area contributed by atoms with Crippen LogP contribution in [0.25, 0.3) is 16.4 Å². The first-order valence-corrected chi connectivity index (χ1v) is 25.2. The van der Waals surface area contributed by atoms with E-state index < -0.39 is 47.5 Å². The highest BCUT2D eigenvalue weighted by Gasteiger charge is 2.45. The van der Waals surface area contributed by atoms with Gasteiger partial charge in [0.15, 0.2) is 5.82 Å². The first-order chi connectivity index (χ1) is 33.9. The normalized spacial score (nSPS) is 20.4. The minimum absolute atomic E-state index is 0.0128. The van der Waals surface area contributed by atoms with Crippen molar-refractivity contribution in [2.45, 2.75) is 123 Å². The van der Waals surface area contributed by atoms with E-state index >= 15 is 0 Å². The fraction of sp³-hybridized carbons (Fsp3) is 0.415. The summed E-state index contributed by atoms with van der Waals surface area (Å²) < 4.78 is 13.2. The van der Waals surface area contributed by atoms with Crippen LogP contribution in [0.5, 0.6) is 5.75 Å². The number of likely N-dealkylation sites (tertiary alicyclic amines) is 1. The highest BCUT2D eigenvalue weighted by Crippen LogP contribution is 2.41.